The summed E-state index contributed by atoms with van der Waals surface area (Å²) in [5.41, 5.74) is 0.396. The minimum atomic E-state index is -0.831. The molecule has 1 saturated heterocycles. The monoisotopic (exact) mass is 323 g/mol. The Morgan fingerprint density at radius 2 is 2.26 bits per heavy atom. The molecule has 6 nitrogen and oxygen atoms in total. The van der Waals surface area contributed by atoms with Gasteiger partial charge in [-0.1, -0.05) is 6.07 Å². The normalized spacial score (nSPS) is 19.8. The van der Waals surface area contributed by atoms with E-state index in [4.69, 9.17) is 5.11 Å². The molecule has 1 heterocycles. The summed E-state index contributed by atoms with van der Waals surface area (Å²) in [6.45, 7) is 3.55. The quantitative estimate of drug-likeness (QED) is 0.775. The lowest BCUT2D eigenvalue weighted by Gasteiger charge is -2.35. The summed E-state index contributed by atoms with van der Waals surface area (Å²) >= 11 is 0. The average Bonchev–Trinajstić information content (AvgIpc) is 2.52. The van der Waals surface area contributed by atoms with Gasteiger partial charge in [0.25, 0.3) is 0 Å². The van der Waals surface area contributed by atoms with Gasteiger partial charge in [0, 0.05) is 18.8 Å². The highest BCUT2D eigenvalue weighted by molar-refractivity contribution is 5.89. The smallest absolute Gasteiger partial charge is 0.320 e. The van der Waals surface area contributed by atoms with Gasteiger partial charge in [-0.05, 0) is 50.4 Å². The number of carboxylic acids is 1. The van der Waals surface area contributed by atoms with Gasteiger partial charge in [-0.3, -0.25) is 9.69 Å². The molecule has 7 heteroatoms. The molecule has 2 amide bonds. The topological polar surface area (TPSA) is 81.7 Å². The lowest BCUT2D eigenvalue weighted by Crippen LogP contribution is -2.47. The van der Waals surface area contributed by atoms with Gasteiger partial charge in [-0.2, -0.15) is 0 Å². The molecule has 1 aliphatic rings. The molecule has 2 unspecified atom stereocenters. The van der Waals surface area contributed by atoms with E-state index in [-0.39, 0.29) is 11.9 Å². The second-order valence-electron chi connectivity index (χ2n) is 5.86. The molecule has 0 bridgehead atoms. The van der Waals surface area contributed by atoms with E-state index in [1.807, 2.05) is 4.90 Å². The van der Waals surface area contributed by atoms with Crippen LogP contribution in [0.4, 0.5) is 14.9 Å². The lowest BCUT2D eigenvalue weighted by atomic mass is 9.97. The molecular formula is C16H22FN3O3. The van der Waals surface area contributed by atoms with Crippen LogP contribution in [0.15, 0.2) is 24.3 Å². The van der Waals surface area contributed by atoms with Crippen molar-refractivity contribution < 1.29 is 19.1 Å². The van der Waals surface area contributed by atoms with Crippen LogP contribution < -0.4 is 10.6 Å². The Morgan fingerprint density at radius 3 is 2.96 bits per heavy atom. The maximum atomic E-state index is 13.1. The number of carbonyl (C=O) groups is 2. The third kappa shape index (κ3) is 5.21. The van der Waals surface area contributed by atoms with Crippen LogP contribution in [-0.2, 0) is 4.79 Å². The molecule has 1 aromatic rings. The number of anilines is 1. The van der Waals surface area contributed by atoms with E-state index in [1.165, 1.54) is 18.2 Å². The van der Waals surface area contributed by atoms with E-state index in [0.717, 1.165) is 19.4 Å². The number of hydrogen-bond donors (Lipinski definition) is 3. The average molecular weight is 323 g/mol. The van der Waals surface area contributed by atoms with Crippen LogP contribution in [-0.4, -0.2) is 47.7 Å². The number of aliphatic carboxylic acids is 1. The van der Waals surface area contributed by atoms with Crippen molar-refractivity contribution in [1.82, 2.24) is 10.2 Å². The zero-order chi connectivity index (χ0) is 16.8. The highest BCUT2D eigenvalue weighted by Gasteiger charge is 2.27. The van der Waals surface area contributed by atoms with Crippen molar-refractivity contribution in [3.8, 4) is 0 Å². The molecule has 0 saturated carbocycles. The number of amides is 2. The summed E-state index contributed by atoms with van der Waals surface area (Å²) in [6.07, 6.45) is 1.86. The number of hydrogen-bond acceptors (Lipinski definition) is 3. The fourth-order valence-electron chi connectivity index (χ4n) is 2.75. The van der Waals surface area contributed by atoms with Crippen molar-refractivity contribution >= 4 is 17.7 Å². The van der Waals surface area contributed by atoms with Gasteiger partial charge in [0.05, 0.1) is 0 Å². The van der Waals surface area contributed by atoms with Crippen molar-refractivity contribution in [2.75, 3.05) is 25.0 Å². The van der Waals surface area contributed by atoms with Crippen LogP contribution in [0.25, 0.3) is 0 Å². The van der Waals surface area contributed by atoms with Crippen molar-refractivity contribution in [3.05, 3.63) is 30.1 Å². The second kappa shape index (κ2) is 7.92. The highest BCUT2D eigenvalue weighted by Crippen LogP contribution is 2.18. The van der Waals surface area contributed by atoms with E-state index in [2.05, 4.69) is 10.6 Å². The Labute approximate surface area is 134 Å². The number of carbonyl (C=O) groups excluding carboxylic acids is 1. The first-order chi connectivity index (χ1) is 11.0. The summed E-state index contributed by atoms with van der Waals surface area (Å²) in [5.74, 6) is -1.03. The zero-order valence-electron chi connectivity index (χ0n) is 13.1. The number of nitrogens with zero attached hydrogens (tertiary/aromatic N) is 1. The second-order valence-corrected chi connectivity index (χ2v) is 5.86. The van der Waals surface area contributed by atoms with Gasteiger partial charge in [0.2, 0.25) is 0 Å². The Balaban J connectivity index is 1.78. The molecule has 0 aromatic heterocycles. The number of halogens is 1. The predicted molar refractivity (Wildman–Crippen MR) is 84.8 cm³/mol. The molecule has 1 aromatic carbocycles. The molecule has 0 spiro atoms. The van der Waals surface area contributed by atoms with Crippen LogP contribution >= 0.6 is 0 Å². The van der Waals surface area contributed by atoms with Crippen LogP contribution in [0.1, 0.15) is 19.8 Å². The SMILES string of the molecule is CC(C(=O)O)N1CCCC(CNC(=O)Nc2cccc(F)c2)C1. The summed E-state index contributed by atoms with van der Waals surface area (Å²) in [7, 11) is 0. The Morgan fingerprint density at radius 1 is 1.48 bits per heavy atom. The van der Waals surface area contributed by atoms with E-state index < -0.39 is 17.8 Å². The Hall–Kier alpha value is -2.15. The maximum absolute atomic E-state index is 13.1. The van der Waals surface area contributed by atoms with E-state index in [0.29, 0.717) is 18.8 Å². The predicted octanol–water partition coefficient (Wildman–Crippen LogP) is 2.13. The first-order valence-electron chi connectivity index (χ1n) is 7.73. The molecule has 23 heavy (non-hydrogen) atoms. The van der Waals surface area contributed by atoms with Gasteiger partial charge in [0.1, 0.15) is 11.9 Å². The molecule has 0 aliphatic carbocycles. The van der Waals surface area contributed by atoms with Crippen LogP contribution in [0.3, 0.4) is 0 Å². The number of urea groups is 1. The Bertz CT molecular complexity index is 567. The summed E-state index contributed by atoms with van der Waals surface area (Å²) < 4.78 is 13.1. The zero-order valence-corrected chi connectivity index (χ0v) is 13.1. The molecule has 2 atom stereocenters. The van der Waals surface area contributed by atoms with Crippen molar-refractivity contribution in [2.45, 2.75) is 25.8 Å². The van der Waals surface area contributed by atoms with E-state index in [1.54, 1.807) is 13.0 Å². The fourth-order valence-corrected chi connectivity index (χ4v) is 2.75. The molecule has 0 radical (unpaired) electrons. The molecule has 126 valence electrons. The third-order valence-electron chi connectivity index (χ3n) is 4.09. The van der Waals surface area contributed by atoms with Gasteiger partial charge in [0.15, 0.2) is 0 Å². The standard InChI is InChI=1S/C16H22FN3O3/c1-11(15(21)22)20-7-3-4-12(10-20)9-18-16(23)19-14-6-2-5-13(17)8-14/h2,5-6,8,11-12H,3-4,7,9-10H2,1H3,(H,21,22)(H2,18,19,23). The molecule has 2 rings (SSSR count). The van der Waals surface area contributed by atoms with Gasteiger partial charge < -0.3 is 15.7 Å². The number of carboxylic acid groups (broad SMARTS) is 1. The van der Waals surface area contributed by atoms with E-state index in [9.17, 15) is 14.0 Å². The van der Waals surface area contributed by atoms with E-state index >= 15 is 0 Å². The molecule has 1 fully saturated rings. The van der Waals surface area contributed by atoms with Crippen LogP contribution in [0, 0.1) is 11.7 Å². The van der Waals surface area contributed by atoms with Crippen molar-refractivity contribution in [3.63, 3.8) is 0 Å². The molecule has 3 N–H and O–H groups in total. The van der Waals surface area contributed by atoms with Crippen LogP contribution in [0.5, 0.6) is 0 Å². The number of rotatable bonds is 5. The largest absolute Gasteiger partial charge is 0.480 e. The lowest BCUT2D eigenvalue weighted by molar-refractivity contribution is -0.143. The number of nitrogens with one attached hydrogen (secondary N) is 2. The first-order valence-corrected chi connectivity index (χ1v) is 7.73. The van der Waals surface area contributed by atoms with Crippen molar-refractivity contribution in [2.24, 2.45) is 5.92 Å². The number of likely N-dealkylation sites (tertiary alicyclic amines) is 1. The molecular weight excluding hydrogens is 301 g/mol. The fraction of sp³-hybridized carbons (Fsp3) is 0.500. The molecule has 1 aliphatic heterocycles. The summed E-state index contributed by atoms with van der Waals surface area (Å²) in [6, 6.07) is 4.79. The number of benzene rings is 1. The number of piperidine rings is 1. The maximum Gasteiger partial charge on any atom is 0.320 e. The van der Waals surface area contributed by atoms with Gasteiger partial charge in [-0.15, -0.1) is 0 Å². The third-order valence-corrected chi connectivity index (χ3v) is 4.09. The van der Waals surface area contributed by atoms with Crippen molar-refractivity contribution in [1.29, 1.82) is 0 Å². The minimum absolute atomic E-state index is 0.212. The summed E-state index contributed by atoms with van der Waals surface area (Å²) in [4.78, 5) is 24.8. The highest BCUT2D eigenvalue weighted by atomic mass is 19.1. The summed E-state index contributed by atoms with van der Waals surface area (Å²) in [5, 5.41) is 14.4. The van der Waals surface area contributed by atoms with Gasteiger partial charge >= 0.3 is 12.0 Å². The first kappa shape index (κ1) is 17.2. The van der Waals surface area contributed by atoms with Gasteiger partial charge in [-0.25, -0.2) is 9.18 Å². The Kier molecular flexibility index (Phi) is 5.92. The minimum Gasteiger partial charge on any atom is -0.480 e. The van der Waals surface area contributed by atoms with Crippen LogP contribution in [0.2, 0.25) is 0 Å².